The zero-order chi connectivity index (χ0) is 18.0. The van der Waals surface area contributed by atoms with E-state index in [0.717, 1.165) is 12.0 Å². The predicted octanol–water partition coefficient (Wildman–Crippen LogP) is 4.39. The van der Waals surface area contributed by atoms with Gasteiger partial charge in [0.05, 0.1) is 6.04 Å². The maximum atomic E-state index is 12.7. The van der Waals surface area contributed by atoms with Crippen molar-refractivity contribution in [2.75, 3.05) is 0 Å². The Morgan fingerprint density at radius 3 is 2.52 bits per heavy atom. The number of halogens is 1. The number of benzene rings is 1. The molecule has 6 heteroatoms. The van der Waals surface area contributed by atoms with Crippen molar-refractivity contribution in [2.45, 2.75) is 39.2 Å². The Kier molecular flexibility index (Phi) is 5.04. The number of aromatic nitrogens is 3. The summed E-state index contributed by atoms with van der Waals surface area (Å²) < 4.78 is 1.51. The summed E-state index contributed by atoms with van der Waals surface area (Å²) >= 11 is 6.27. The smallest absolute Gasteiger partial charge is 0.273 e. The number of carbonyl (C=O) groups excluding carboxylic acids is 1. The second kappa shape index (κ2) is 7.23. The molecule has 1 N–H and O–H groups in total. The fraction of sp³-hybridized carbons (Fsp3) is 0.316. The third-order valence-electron chi connectivity index (χ3n) is 4.27. The molecule has 0 radical (unpaired) electrons. The van der Waals surface area contributed by atoms with Crippen LogP contribution in [-0.4, -0.2) is 20.5 Å². The Bertz CT molecular complexity index is 886. The molecule has 0 unspecified atom stereocenters. The van der Waals surface area contributed by atoms with Crippen LogP contribution in [0.3, 0.4) is 0 Å². The molecule has 1 amide bonds. The van der Waals surface area contributed by atoms with Gasteiger partial charge in [0.15, 0.2) is 11.3 Å². The highest BCUT2D eigenvalue weighted by molar-refractivity contribution is 6.36. The maximum Gasteiger partial charge on any atom is 0.273 e. The van der Waals surface area contributed by atoms with Crippen LogP contribution in [-0.2, 0) is 0 Å². The van der Waals surface area contributed by atoms with Crippen LogP contribution in [0.5, 0.6) is 0 Å². The van der Waals surface area contributed by atoms with E-state index in [9.17, 15) is 4.79 Å². The van der Waals surface area contributed by atoms with E-state index >= 15 is 0 Å². The molecule has 2 aromatic heterocycles. The van der Waals surface area contributed by atoms with E-state index in [-0.39, 0.29) is 22.7 Å². The van der Waals surface area contributed by atoms with Gasteiger partial charge in [-0.2, -0.15) is 5.10 Å². The lowest BCUT2D eigenvalue weighted by Crippen LogP contribution is -2.28. The molecule has 0 aliphatic rings. The van der Waals surface area contributed by atoms with Crippen molar-refractivity contribution < 1.29 is 4.79 Å². The molecule has 3 rings (SSSR count). The number of nitrogens with zero attached hydrogens (tertiary/aromatic N) is 3. The first-order chi connectivity index (χ1) is 12.0. The van der Waals surface area contributed by atoms with E-state index in [2.05, 4.69) is 53.5 Å². The number of fused-ring (bicyclic) bond motifs is 1. The Morgan fingerprint density at radius 1 is 1.24 bits per heavy atom. The Balaban J connectivity index is 1.83. The number of amides is 1. The van der Waals surface area contributed by atoms with Crippen molar-refractivity contribution in [2.24, 2.45) is 0 Å². The van der Waals surface area contributed by atoms with Gasteiger partial charge in [-0.15, -0.1) is 0 Å². The molecule has 130 valence electrons. The Morgan fingerprint density at radius 2 is 1.92 bits per heavy atom. The van der Waals surface area contributed by atoms with Crippen molar-refractivity contribution in [1.29, 1.82) is 0 Å². The molecule has 0 bridgehead atoms. The van der Waals surface area contributed by atoms with Crippen LogP contribution in [0.2, 0.25) is 5.02 Å². The quantitative estimate of drug-likeness (QED) is 0.737. The summed E-state index contributed by atoms with van der Waals surface area (Å²) in [6.07, 6.45) is 4.11. The molecule has 0 aliphatic carbocycles. The van der Waals surface area contributed by atoms with Crippen LogP contribution < -0.4 is 5.32 Å². The van der Waals surface area contributed by atoms with Crippen LogP contribution in [0.4, 0.5) is 0 Å². The van der Waals surface area contributed by atoms with Gasteiger partial charge in [-0.1, -0.05) is 56.6 Å². The number of hydrogen-bond acceptors (Lipinski definition) is 3. The van der Waals surface area contributed by atoms with Crippen LogP contribution in [0.1, 0.15) is 60.8 Å². The average Bonchev–Trinajstić information content (AvgIpc) is 2.97. The van der Waals surface area contributed by atoms with Gasteiger partial charge in [-0.25, -0.2) is 9.50 Å². The summed E-state index contributed by atoms with van der Waals surface area (Å²) in [5.41, 5.74) is 3.01. The Hall–Kier alpha value is -2.40. The van der Waals surface area contributed by atoms with Gasteiger partial charge in [0.1, 0.15) is 5.02 Å². The largest absolute Gasteiger partial charge is 0.344 e. The van der Waals surface area contributed by atoms with Gasteiger partial charge >= 0.3 is 0 Å². The number of rotatable bonds is 5. The normalized spacial score (nSPS) is 12.5. The van der Waals surface area contributed by atoms with E-state index in [0.29, 0.717) is 11.6 Å². The average molecular weight is 357 g/mol. The highest BCUT2D eigenvalue weighted by Gasteiger charge is 2.21. The summed E-state index contributed by atoms with van der Waals surface area (Å²) in [6.45, 7) is 6.36. The Labute approximate surface area is 152 Å². The molecular formula is C19H21ClN4O. The first kappa shape index (κ1) is 17.4. The molecule has 2 heterocycles. The van der Waals surface area contributed by atoms with Gasteiger partial charge in [-0.3, -0.25) is 4.79 Å². The van der Waals surface area contributed by atoms with Crippen molar-refractivity contribution >= 4 is 23.2 Å². The van der Waals surface area contributed by atoms with E-state index in [1.807, 2.05) is 6.92 Å². The molecule has 0 aliphatic heterocycles. The first-order valence-corrected chi connectivity index (χ1v) is 8.78. The molecule has 1 atom stereocenters. The number of carbonyl (C=O) groups is 1. The molecule has 0 saturated carbocycles. The minimum absolute atomic E-state index is 0.0949. The highest BCUT2D eigenvalue weighted by atomic mass is 35.5. The van der Waals surface area contributed by atoms with Gasteiger partial charge in [0, 0.05) is 12.4 Å². The topological polar surface area (TPSA) is 59.3 Å². The van der Waals surface area contributed by atoms with Crippen LogP contribution in [0.15, 0.2) is 42.7 Å². The summed E-state index contributed by atoms with van der Waals surface area (Å²) in [5.74, 6) is 0.184. The molecule has 0 fully saturated rings. The lowest BCUT2D eigenvalue weighted by molar-refractivity contribution is 0.0930. The third-order valence-corrected chi connectivity index (χ3v) is 4.62. The molecule has 5 nitrogen and oxygen atoms in total. The van der Waals surface area contributed by atoms with E-state index in [4.69, 9.17) is 11.6 Å². The fourth-order valence-corrected chi connectivity index (χ4v) is 3.02. The molecular weight excluding hydrogens is 336 g/mol. The summed E-state index contributed by atoms with van der Waals surface area (Å²) in [6, 6.07) is 9.99. The van der Waals surface area contributed by atoms with E-state index in [1.54, 1.807) is 18.5 Å². The molecule has 25 heavy (non-hydrogen) atoms. The fourth-order valence-electron chi connectivity index (χ4n) is 2.76. The van der Waals surface area contributed by atoms with Crippen LogP contribution >= 0.6 is 11.6 Å². The summed E-state index contributed by atoms with van der Waals surface area (Å²) in [7, 11) is 0. The molecule has 3 aromatic rings. The van der Waals surface area contributed by atoms with E-state index in [1.165, 1.54) is 10.1 Å². The molecule has 0 saturated heterocycles. The highest BCUT2D eigenvalue weighted by Crippen LogP contribution is 2.23. The van der Waals surface area contributed by atoms with Crippen molar-refractivity contribution in [3.8, 4) is 0 Å². The minimum atomic E-state index is -0.296. The van der Waals surface area contributed by atoms with Gasteiger partial charge < -0.3 is 5.32 Å². The van der Waals surface area contributed by atoms with E-state index < -0.39 is 0 Å². The second-order valence-corrected chi connectivity index (χ2v) is 6.68. The minimum Gasteiger partial charge on any atom is -0.344 e. The number of nitrogens with one attached hydrogen (secondary N) is 1. The zero-order valence-corrected chi connectivity index (χ0v) is 15.3. The van der Waals surface area contributed by atoms with Crippen molar-refractivity contribution in [3.05, 3.63) is 64.6 Å². The lowest BCUT2D eigenvalue weighted by Gasteiger charge is -2.18. The second-order valence-electron chi connectivity index (χ2n) is 6.31. The third kappa shape index (κ3) is 3.51. The van der Waals surface area contributed by atoms with Crippen molar-refractivity contribution in [3.63, 3.8) is 0 Å². The van der Waals surface area contributed by atoms with Gasteiger partial charge in [0.25, 0.3) is 5.91 Å². The summed E-state index contributed by atoms with van der Waals surface area (Å²) in [4.78, 5) is 16.8. The maximum absolute atomic E-state index is 12.7. The van der Waals surface area contributed by atoms with Crippen LogP contribution in [0, 0.1) is 0 Å². The van der Waals surface area contributed by atoms with Gasteiger partial charge in [-0.05, 0) is 29.5 Å². The predicted molar refractivity (Wildman–Crippen MR) is 99.0 cm³/mol. The molecule has 0 spiro atoms. The molecule has 1 aromatic carbocycles. The number of hydrogen-bond donors (Lipinski definition) is 1. The first-order valence-electron chi connectivity index (χ1n) is 8.40. The van der Waals surface area contributed by atoms with Crippen LogP contribution in [0.25, 0.3) is 5.65 Å². The monoisotopic (exact) mass is 356 g/mol. The van der Waals surface area contributed by atoms with Crippen molar-refractivity contribution in [1.82, 2.24) is 19.9 Å². The SMILES string of the molecule is CC[C@H](NC(=O)c1nn2cccnc2c1Cl)c1ccc(C(C)C)cc1. The summed E-state index contributed by atoms with van der Waals surface area (Å²) in [5, 5.41) is 7.53. The lowest BCUT2D eigenvalue weighted by atomic mass is 9.98. The standard InChI is InChI=1S/C19H21ClN4O/c1-4-15(14-8-6-13(7-9-14)12(2)3)22-19(25)17-16(20)18-21-10-5-11-24(18)23-17/h5-12,15H,4H2,1-3H3,(H,22,25)/t15-/m0/s1. The van der Waals surface area contributed by atoms with Gasteiger partial charge in [0.2, 0.25) is 0 Å². The zero-order valence-electron chi connectivity index (χ0n) is 14.5.